The number of hydrogen-bond donors (Lipinski definition) is 1. The molecule has 84 valence electrons. The van der Waals surface area contributed by atoms with Crippen LogP contribution in [0.5, 0.6) is 5.75 Å². The molecule has 0 spiro atoms. The Bertz CT molecular complexity index is 344. The molecule has 0 amide bonds. The summed E-state index contributed by atoms with van der Waals surface area (Å²) in [6.45, 7) is 6.13. The summed E-state index contributed by atoms with van der Waals surface area (Å²) in [5, 5.41) is 12.9. The minimum Gasteiger partial charge on any atom is -0.489 e. The van der Waals surface area contributed by atoms with Crippen LogP contribution in [0.15, 0.2) is 12.4 Å². The van der Waals surface area contributed by atoms with Gasteiger partial charge in [-0.05, 0) is 20.8 Å². The number of rotatable bonds is 5. The molecule has 0 aromatic carbocycles. The molecule has 0 radical (unpaired) electrons. The van der Waals surface area contributed by atoms with Gasteiger partial charge in [-0.2, -0.15) is 5.10 Å². The Kier molecular flexibility index (Phi) is 3.34. The van der Waals surface area contributed by atoms with Gasteiger partial charge in [-0.15, -0.1) is 0 Å². The van der Waals surface area contributed by atoms with E-state index in [4.69, 9.17) is 9.84 Å². The molecule has 1 aromatic heterocycles. The second kappa shape index (κ2) is 4.33. The van der Waals surface area contributed by atoms with Crippen molar-refractivity contribution in [1.29, 1.82) is 0 Å². The number of ether oxygens (including phenoxy) is 1. The molecule has 15 heavy (non-hydrogen) atoms. The molecule has 0 atom stereocenters. The van der Waals surface area contributed by atoms with Gasteiger partial charge in [0.15, 0.2) is 5.75 Å². The fraction of sp³-hybridized carbons (Fsp3) is 0.600. The molecule has 1 heterocycles. The van der Waals surface area contributed by atoms with Gasteiger partial charge in [0.05, 0.1) is 17.8 Å². The van der Waals surface area contributed by atoms with Crippen molar-refractivity contribution in [3.63, 3.8) is 0 Å². The van der Waals surface area contributed by atoms with Crippen LogP contribution in [0.1, 0.15) is 20.8 Å². The minimum atomic E-state index is -0.881. The van der Waals surface area contributed by atoms with E-state index in [1.165, 1.54) is 0 Å². The van der Waals surface area contributed by atoms with Gasteiger partial charge in [0.1, 0.15) is 6.61 Å². The zero-order valence-electron chi connectivity index (χ0n) is 9.23. The highest BCUT2D eigenvalue weighted by molar-refractivity contribution is 5.73. The van der Waals surface area contributed by atoms with Gasteiger partial charge in [0, 0.05) is 6.54 Å². The van der Waals surface area contributed by atoms with E-state index in [1.54, 1.807) is 30.9 Å². The second-order valence-corrected chi connectivity index (χ2v) is 4.01. The van der Waals surface area contributed by atoms with Crippen LogP contribution in [-0.2, 0) is 11.3 Å². The molecule has 0 fully saturated rings. The maximum atomic E-state index is 10.8. The standard InChI is InChI=1S/C10H16N2O3/c1-4-12-6-8(5-11-12)15-7-10(2,3)9(13)14/h5-6H,4,7H2,1-3H3,(H,13,14). The summed E-state index contributed by atoms with van der Waals surface area (Å²) < 4.78 is 7.08. The summed E-state index contributed by atoms with van der Waals surface area (Å²) in [5.74, 6) is -0.267. The van der Waals surface area contributed by atoms with E-state index in [0.717, 1.165) is 6.54 Å². The predicted octanol–water partition coefficient (Wildman–Crippen LogP) is 1.39. The second-order valence-electron chi connectivity index (χ2n) is 4.01. The Balaban J connectivity index is 2.53. The number of aliphatic carboxylic acids is 1. The fourth-order valence-electron chi connectivity index (χ4n) is 0.918. The molecule has 0 aliphatic heterocycles. The molecule has 0 bridgehead atoms. The van der Waals surface area contributed by atoms with E-state index in [9.17, 15) is 4.79 Å². The van der Waals surface area contributed by atoms with Crippen LogP contribution in [-0.4, -0.2) is 27.5 Å². The Hall–Kier alpha value is -1.52. The topological polar surface area (TPSA) is 64.3 Å². The lowest BCUT2D eigenvalue weighted by molar-refractivity contribution is -0.148. The van der Waals surface area contributed by atoms with Crippen molar-refractivity contribution in [2.45, 2.75) is 27.3 Å². The van der Waals surface area contributed by atoms with Gasteiger partial charge in [-0.25, -0.2) is 0 Å². The number of nitrogens with zero attached hydrogens (tertiary/aromatic N) is 2. The molecule has 0 saturated carbocycles. The van der Waals surface area contributed by atoms with Crippen LogP contribution < -0.4 is 4.74 Å². The van der Waals surface area contributed by atoms with Crippen LogP contribution in [0.4, 0.5) is 0 Å². The molecular weight excluding hydrogens is 196 g/mol. The van der Waals surface area contributed by atoms with E-state index in [0.29, 0.717) is 5.75 Å². The molecular formula is C10H16N2O3. The zero-order valence-corrected chi connectivity index (χ0v) is 9.23. The van der Waals surface area contributed by atoms with Crippen molar-refractivity contribution in [3.05, 3.63) is 12.4 Å². The number of aryl methyl sites for hydroxylation is 1. The summed E-state index contributed by atoms with van der Waals surface area (Å²) in [6, 6.07) is 0. The quantitative estimate of drug-likeness (QED) is 0.801. The van der Waals surface area contributed by atoms with Crippen LogP contribution in [0.3, 0.4) is 0 Å². The van der Waals surface area contributed by atoms with E-state index >= 15 is 0 Å². The van der Waals surface area contributed by atoms with Gasteiger partial charge in [0.2, 0.25) is 0 Å². The summed E-state index contributed by atoms with van der Waals surface area (Å²) >= 11 is 0. The maximum absolute atomic E-state index is 10.8. The van der Waals surface area contributed by atoms with Crippen molar-refractivity contribution >= 4 is 5.97 Å². The summed E-state index contributed by atoms with van der Waals surface area (Å²) in [6.07, 6.45) is 3.33. The molecule has 5 heteroatoms. The number of carboxylic acid groups (broad SMARTS) is 1. The molecule has 0 aliphatic rings. The maximum Gasteiger partial charge on any atom is 0.312 e. The number of hydrogen-bond acceptors (Lipinski definition) is 3. The average Bonchev–Trinajstić information content (AvgIpc) is 2.62. The van der Waals surface area contributed by atoms with E-state index in [1.807, 2.05) is 6.92 Å². The van der Waals surface area contributed by atoms with E-state index in [2.05, 4.69) is 5.10 Å². The molecule has 1 N–H and O–H groups in total. The zero-order chi connectivity index (χ0) is 11.5. The summed E-state index contributed by atoms with van der Waals surface area (Å²) in [7, 11) is 0. The van der Waals surface area contributed by atoms with Crippen molar-refractivity contribution in [3.8, 4) is 5.75 Å². The third-order valence-corrected chi connectivity index (χ3v) is 2.11. The molecule has 1 rings (SSSR count). The lowest BCUT2D eigenvalue weighted by Gasteiger charge is -2.18. The Labute approximate surface area is 88.7 Å². The van der Waals surface area contributed by atoms with Gasteiger partial charge in [0.25, 0.3) is 0 Å². The highest BCUT2D eigenvalue weighted by atomic mass is 16.5. The SMILES string of the molecule is CCn1cc(OCC(C)(C)C(=O)O)cn1. The van der Waals surface area contributed by atoms with Gasteiger partial charge >= 0.3 is 5.97 Å². The first-order chi connectivity index (χ1) is 6.95. The Morgan fingerprint density at radius 1 is 1.67 bits per heavy atom. The van der Waals surface area contributed by atoms with Crippen molar-refractivity contribution < 1.29 is 14.6 Å². The highest BCUT2D eigenvalue weighted by Gasteiger charge is 2.28. The third kappa shape index (κ3) is 2.97. The van der Waals surface area contributed by atoms with Crippen molar-refractivity contribution in [2.75, 3.05) is 6.61 Å². The number of carbonyl (C=O) groups is 1. The first-order valence-electron chi connectivity index (χ1n) is 4.84. The molecule has 1 aromatic rings. The predicted molar refractivity (Wildman–Crippen MR) is 54.8 cm³/mol. The molecule has 5 nitrogen and oxygen atoms in total. The average molecular weight is 212 g/mol. The lowest BCUT2D eigenvalue weighted by atomic mass is 9.95. The summed E-state index contributed by atoms with van der Waals surface area (Å²) in [4.78, 5) is 10.8. The summed E-state index contributed by atoms with van der Waals surface area (Å²) in [5.41, 5.74) is -0.881. The normalized spacial score (nSPS) is 11.4. The van der Waals surface area contributed by atoms with Crippen LogP contribution in [0, 0.1) is 5.41 Å². The van der Waals surface area contributed by atoms with Gasteiger partial charge < -0.3 is 9.84 Å². The Morgan fingerprint density at radius 2 is 2.33 bits per heavy atom. The number of aromatic nitrogens is 2. The molecule has 0 aliphatic carbocycles. The Morgan fingerprint density at radius 3 is 2.80 bits per heavy atom. The van der Waals surface area contributed by atoms with Crippen LogP contribution >= 0.6 is 0 Å². The smallest absolute Gasteiger partial charge is 0.312 e. The van der Waals surface area contributed by atoms with Gasteiger partial charge in [-0.1, -0.05) is 0 Å². The monoisotopic (exact) mass is 212 g/mol. The lowest BCUT2D eigenvalue weighted by Crippen LogP contribution is -2.30. The van der Waals surface area contributed by atoms with Crippen molar-refractivity contribution in [2.24, 2.45) is 5.41 Å². The number of carboxylic acids is 1. The van der Waals surface area contributed by atoms with E-state index < -0.39 is 11.4 Å². The van der Waals surface area contributed by atoms with E-state index in [-0.39, 0.29) is 6.61 Å². The van der Waals surface area contributed by atoms with Crippen LogP contribution in [0.25, 0.3) is 0 Å². The van der Waals surface area contributed by atoms with Crippen LogP contribution in [0.2, 0.25) is 0 Å². The fourth-order valence-corrected chi connectivity index (χ4v) is 0.918. The third-order valence-electron chi connectivity index (χ3n) is 2.11. The largest absolute Gasteiger partial charge is 0.489 e. The molecule has 0 unspecified atom stereocenters. The minimum absolute atomic E-state index is 0.137. The van der Waals surface area contributed by atoms with Gasteiger partial charge in [-0.3, -0.25) is 9.48 Å². The highest BCUT2D eigenvalue weighted by Crippen LogP contribution is 2.18. The first kappa shape index (κ1) is 11.6. The molecule has 0 saturated heterocycles. The van der Waals surface area contributed by atoms with Crippen molar-refractivity contribution in [1.82, 2.24) is 9.78 Å². The first-order valence-corrected chi connectivity index (χ1v) is 4.84.